The van der Waals surface area contributed by atoms with Crippen molar-refractivity contribution in [3.63, 3.8) is 0 Å². The molecule has 1 aliphatic rings. The maximum atomic E-state index is 11.6. The number of thiophene rings is 1. The van der Waals surface area contributed by atoms with Crippen molar-refractivity contribution in [3.8, 4) is 0 Å². The van der Waals surface area contributed by atoms with Crippen LogP contribution in [0.4, 0.5) is 0 Å². The van der Waals surface area contributed by atoms with Gasteiger partial charge in [-0.05, 0) is 24.6 Å². The number of hydrogen-bond acceptors (Lipinski definition) is 5. The fourth-order valence-electron chi connectivity index (χ4n) is 2.17. The van der Waals surface area contributed by atoms with Gasteiger partial charge >= 0.3 is 5.97 Å². The van der Waals surface area contributed by atoms with Gasteiger partial charge in [-0.1, -0.05) is 6.08 Å². The number of carbonyl (C=O) groups excluding carboxylic acids is 2. The summed E-state index contributed by atoms with van der Waals surface area (Å²) in [4.78, 5) is 26.1. The fraction of sp³-hybridized carbons (Fsp3) is 0.429. The molecule has 1 fully saturated rings. The molecule has 1 aliphatic heterocycles. The minimum absolute atomic E-state index is 0.00503. The Morgan fingerprint density at radius 1 is 1.60 bits per heavy atom. The zero-order chi connectivity index (χ0) is 14.5. The molecule has 0 aromatic carbocycles. The summed E-state index contributed by atoms with van der Waals surface area (Å²) in [6, 6.07) is 3.48. The van der Waals surface area contributed by atoms with Crippen molar-refractivity contribution in [1.82, 2.24) is 4.90 Å². The van der Waals surface area contributed by atoms with E-state index in [1.165, 1.54) is 18.4 Å². The number of nitrogens with zero attached hydrogens (tertiary/aromatic N) is 1. The summed E-state index contributed by atoms with van der Waals surface area (Å²) in [6.45, 7) is 0.487. The molecule has 1 saturated heterocycles. The molecule has 5 nitrogen and oxygen atoms in total. The van der Waals surface area contributed by atoms with Gasteiger partial charge in [0.15, 0.2) is 0 Å². The van der Waals surface area contributed by atoms with Crippen LogP contribution in [0.5, 0.6) is 0 Å². The molecule has 1 amide bonds. The summed E-state index contributed by atoms with van der Waals surface area (Å²) < 4.78 is 4.64. The molecular weight excluding hydrogens is 278 g/mol. The third-order valence-electron chi connectivity index (χ3n) is 3.26. The predicted octanol–water partition coefficient (Wildman–Crippen LogP) is 1.53. The largest absolute Gasteiger partial charge is 0.465 e. The van der Waals surface area contributed by atoms with Gasteiger partial charge in [-0.25, -0.2) is 4.79 Å². The van der Waals surface area contributed by atoms with Crippen LogP contribution in [0.2, 0.25) is 0 Å². The molecular formula is C14H17NO4S. The normalized spacial score (nSPS) is 19.0. The lowest BCUT2D eigenvalue weighted by Crippen LogP contribution is -2.35. The quantitative estimate of drug-likeness (QED) is 0.837. The zero-order valence-corrected chi connectivity index (χ0v) is 12.1. The van der Waals surface area contributed by atoms with Crippen LogP contribution in [0.1, 0.15) is 27.4 Å². The van der Waals surface area contributed by atoms with Gasteiger partial charge in [-0.2, -0.15) is 0 Å². The molecule has 0 bridgehead atoms. The van der Waals surface area contributed by atoms with Crippen LogP contribution in [-0.2, 0) is 9.53 Å². The molecule has 0 aliphatic carbocycles. The third-order valence-corrected chi connectivity index (χ3v) is 4.29. The van der Waals surface area contributed by atoms with Crippen molar-refractivity contribution in [3.05, 3.63) is 28.0 Å². The molecule has 1 aromatic rings. The molecule has 2 rings (SSSR count). The van der Waals surface area contributed by atoms with E-state index < -0.39 is 0 Å². The Labute approximate surface area is 121 Å². The van der Waals surface area contributed by atoms with E-state index in [1.54, 1.807) is 11.0 Å². The lowest BCUT2D eigenvalue weighted by molar-refractivity contribution is -0.128. The number of esters is 1. The van der Waals surface area contributed by atoms with E-state index in [1.807, 2.05) is 18.2 Å². The molecule has 2 heterocycles. The van der Waals surface area contributed by atoms with E-state index in [2.05, 4.69) is 4.74 Å². The molecule has 0 saturated carbocycles. The second-order valence-electron chi connectivity index (χ2n) is 4.52. The highest BCUT2D eigenvalue weighted by atomic mass is 32.1. The van der Waals surface area contributed by atoms with E-state index in [-0.39, 0.29) is 24.5 Å². The van der Waals surface area contributed by atoms with Crippen molar-refractivity contribution in [2.75, 3.05) is 20.3 Å². The highest BCUT2D eigenvalue weighted by Gasteiger charge is 2.28. The number of amides is 1. The summed E-state index contributed by atoms with van der Waals surface area (Å²) in [5.41, 5.74) is 0. The van der Waals surface area contributed by atoms with Gasteiger partial charge < -0.3 is 14.7 Å². The Morgan fingerprint density at radius 3 is 3.10 bits per heavy atom. The summed E-state index contributed by atoms with van der Waals surface area (Å²) in [5.74, 6) is -0.264. The number of ether oxygens (including phenoxy) is 1. The van der Waals surface area contributed by atoms with E-state index >= 15 is 0 Å². The second-order valence-corrected chi connectivity index (χ2v) is 5.63. The minimum atomic E-state index is -0.343. The fourth-order valence-corrected chi connectivity index (χ4v) is 3.03. The topological polar surface area (TPSA) is 66.8 Å². The monoisotopic (exact) mass is 295 g/mol. The summed E-state index contributed by atoms with van der Waals surface area (Å²) in [6.07, 6.45) is 4.97. The smallest absolute Gasteiger partial charge is 0.348 e. The molecule has 108 valence electrons. The van der Waals surface area contributed by atoms with Gasteiger partial charge in [-0.3, -0.25) is 4.79 Å². The molecule has 1 unspecified atom stereocenters. The van der Waals surface area contributed by atoms with Crippen LogP contribution in [0.15, 0.2) is 18.2 Å². The molecule has 1 aromatic heterocycles. The van der Waals surface area contributed by atoms with Crippen molar-refractivity contribution < 1.29 is 19.4 Å². The first-order valence-corrected chi connectivity index (χ1v) is 7.22. The molecule has 0 spiro atoms. The second kappa shape index (κ2) is 6.67. The highest BCUT2D eigenvalue weighted by Crippen LogP contribution is 2.20. The maximum Gasteiger partial charge on any atom is 0.348 e. The average Bonchev–Trinajstić information content (AvgIpc) is 3.06. The number of carbonyl (C=O) groups is 2. The lowest BCUT2D eigenvalue weighted by atomic mass is 10.2. The van der Waals surface area contributed by atoms with E-state index in [0.717, 1.165) is 4.88 Å². The minimum Gasteiger partial charge on any atom is -0.465 e. The van der Waals surface area contributed by atoms with Crippen molar-refractivity contribution in [2.45, 2.75) is 18.9 Å². The van der Waals surface area contributed by atoms with Crippen molar-refractivity contribution in [2.24, 2.45) is 0 Å². The average molecular weight is 295 g/mol. The van der Waals surface area contributed by atoms with Crippen molar-refractivity contribution in [1.29, 1.82) is 0 Å². The highest BCUT2D eigenvalue weighted by molar-refractivity contribution is 7.14. The Kier molecular flexibility index (Phi) is 4.92. The molecule has 1 N–H and O–H groups in total. The maximum absolute atomic E-state index is 11.6. The number of methoxy groups -OCH3 is 1. The van der Waals surface area contributed by atoms with Crippen LogP contribution in [-0.4, -0.2) is 48.2 Å². The number of aliphatic hydroxyl groups excluding tert-OH is 1. The van der Waals surface area contributed by atoms with E-state index in [0.29, 0.717) is 24.3 Å². The molecule has 1 atom stereocenters. The third kappa shape index (κ3) is 3.26. The van der Waals surface area contributed by atoms with Gasteiger partial charge in [-0.15, -0.1) is 11.3 Å². The standard InChI is InChI=1S/C14H17NO4S/c1-19-14(18)12-6-5-11(20-12)3-2-8-15-10(9-16)4-7-13(15)17/h2-3,5-6,10,16H,4,7-9H2,1H3/b3-2-. The van der Waals surface area contributed by atoms with Gasteiger partial charge in [0.2, 0.25) is 5.91 Å². The predicted molar refractivity (Wildman–Crippen MR) is 76.5 cm³/mol. The van der Waals surface area contributed by atoms with E-state index in [4.69, 9.17) is 0 Å². The molecule has 20 heavy (non-hydrogen) atoms. The van der Waals surface area contributed by atoms with Crippen LogP contribution in [0.25, 0.3) is 6.08 Å². The van der Waals surface area contributed by atoms with Crippen LogP contribution >= 0.6 is 11.3 Å². The number of rotatable bonds is 5. The Balaban J connectivity index is 1.94. The van der Waals surface area contributed by atoms with Crippen LogP contribution in [0, 0.1) is 0 Å². The van der Waals surface area contributed by atoms with Gasteiger partial charge in [0.05, 0.1) is 19.8 Å². The first kappa shape index (κ1) is 14.7. The number of hydrogen-bond donors (Lipinski definition) is 1. The lowest BCUT2D eigenvalue weighted by Gasteiger charge is -2.21. The summed E-state index contributed by atoms with van der Waals surface area (Å²) in [7, 11) is 1.35. The van der Waals surface area contributed by atoms with Crippen LogP contribution in [0.3, 0.4) is 0 Å². The zero-order valence-electron chi connectivity index (χ0n) is 11.2. The molecule has 0 radical (unpaired) electrons. The summed E-state index contributed by atoms with van der Waals surface area (Å²) in [5, 5.41) is 9.19. The van der Waals surface area contributed by atoms with E-state index in [9.17, 15) is 14.7 Å². The molecule has 6 heteroatoms. The number of likely N-dealkylation sites (tertiary alicyclic amines) is 1. The first-order chi connectivity index (χ1) is 9.65. The van der Waals surface area contributed by atoms with Gasteiger partial charge in [0.25, 0.3) is 0 Å². The Hall–Kier alpha value is -1.66. The SMILES string of the molecule is COC(=O)c1ccc(/C=C\CN2C(=O)CCC2CO)s1. The van der Waals surface area contributed by atoms with Gasteiger partial charge in [0.1, 0.15) is 4.88 Å². The van der Waals surface area contributed by atoms with Gasteiger partial charge in [0, 0.05) is 17.8 Å². The summed E-state index contributed by atoms with van der Waals surface area (Å²) >= 11 is 1.34. The first-order valence-electron chi connectivity index (χ1n) is 6.40. The van der Waals surface area contributed by atoms with Crippen LogP contribution < -0.4 is 0 Å². The Morgan fingerprint density at radius 2 is 2.40 bits per heavy atom. The Bertz CT molecular complexity index is 523. The van der Waals surface area contributed by atoms with Crippen molar-refractivity contribution >= 4 is 29.3 Å². The number of aliphatic hydroxyl groups is 1.